The molecule has 0 aliphatic carbocycles. The van der Waals surface area contributed by atoms with Crippen molar-refractivity contribution in [2.45, 2.75) is 38.8 Å². The fourth-order valence-electron chi connectivity index (χ4n) is 3.11. The average Bonchev–Trinajstić information content (AvgIpc) is 3.12. The minimum atomic E-state index is -1.07. The predicted molar refractivity (Wildman–Crippen MR) is 98.0 cm³/mol. The molecule has 1 aliphatic rings. The molecule has 1 saturated heterocycles. The molecule has 0 saturated carbocycles. The van der Waals surface area contributed by atoms with Crippen molar-refractivity contribution < 1.29 is 14.7 Å². The number of aryl methyl sites for hydroxylation is 1. The first-order chi connectivity index (χ1) is 12.6. The van der Waals surface area contributed by atoms with Crippen LogP contribution in [0.15, 0.2) is 36.5 Å². The number of anilines is 1. The van der Waals surface area contributed by atoms with Gasteiger partial charge in [0.1, 0.15) is 0 Å². The maximum absolute atomic E-state index is 12.1. The van der Waals surface area contributed by atoms with Gasteiger partial charge in [0.25, 0.3) is 0 Å². The molecule has 0 atom stereocenters. The van der Waals surface area contributed by atoms with Crippen molar-refractivity contribution in [1.82, 2.24) is 14.7 Å². The van der Waals surface area contributed by atoms with Crippen LogP contribution >= 0.6 is 0 Å². The zero-order chi connectivity index (χ0) is 18.4. The van der Waals surface area contributed by atoms with E-state index in [2.05, 4.69) is 27.4 Å². The summed E-state index contributed by atoms with van der Waals surface area (Å²) in [5.41, 5.74) is 2.00. The molecule has 2 heterocycles. The normalized spacial score (nSPS) is 14.9. The highest BCUT2D eigenvalue weighted by molar-refractivity contribution is 5.90. The van der Waals surface area contributed by atoms with Crippen molar-refractivity contribution in [3.05, 3.63) is 47.8 Å². The van der Waals surface area contributed by atoms with Crippen molar-refractivity contribution >= 4 is 17.6 Å². The van der Waals surface area contributed by atoms with Crippen LogP contribution in [0.5, 0.6) is 0 Å². The number of hydrogen-bond acceptors (Lipinski definition) is 4. The summed E-state index contributed by atoms with van der Waals surface area (Å²) >= 11 is 0. The number of nitrogens with zero attached hydrogens (tertiary/aromatic N) is 3. The molecule has 0 radical (unpaired) electrons. The van der Waals surface area contributed by atoms with E-state index >= 15 is 0 Å². The van der Waals surface area contributed by atoms with E-state index in [1.54, 1.807) is 6.20 Å². The van der Waals surface area contributed by atoms with E-state index in [-0.39, 0.29) is 18.0 Å². The summed E-state index contributed by atoms with van der Waals surface area (Å²) in [6.45, 7) is 3.62. The third kappa shape index (κ3) is 5.16. The minimum absolute atomic E-state index is 0.0188. The highest BCUT2D eigenvalue weighted by Crippen LogP contribution is 2.15. The number of benzene rings is 1. The van der Waals surface area contributed by atoms with Gasteiger partial charge < -0.3 is 10.4 Å². The molecule has 1 amide bonds. The third-order valence-electron chi connectivity index (χ3n) is 4.52. The Bertz CT molecular complexity index is 748. The Morgan fingerprint density at radius 2 is 1.81 bits per heavy atom. The van der Waals surface area contributed by atoms with E-state index in [9.17, 15) is 9.59 Å². The van der Waals surface area contributed by atoms with Gasteiger partial charge in [-0.15, -0.1) is 0 Å². The molecule has 1 fully saturated rings. The first-order valence-electron chi connectivity index (χ1n) is 8.98. The molecule has 1 aromatic carbocycles. The van der Waals surface area contributed by atoms with Gasteiger partial charge in [-0.3, -0.25) is 14.4 Å². The maximum Gasteiger partial charge on any atom is 0.356 e. The summed E-state index contributed by atoms with van der Waals surface area (Å²) in [7, 11) is 0. The number of carbonyl (C=O) groups excluding carboxylic acids is 1. The van der Waals surface area contributed by atoms with E-state index < -0.39 is 5.97 Å². The molecular formula is C19H24N4O3. The van der Waals surface area contributed by atoms with Crippen LogP contribution in [0.4, 0.5) is 5.69 Å². The molecule has 26 heavy (non-hydrogen) atoms. The van der Waals surface area contributed by atoms with Crippen LogP contribution in [0.3, 0.4) is 0 Å². The number of rotatable bonds is 7. The molecule has 0 unspecified atom stereocenters. The van der Waals surface area contributed by atoms with Crippen molar-refractivity contribution in [1.29, 1.82) is 0 Å². The summed E-state index contributed by atoms with van der Waals surface area (Å²) in [6, 6.07) is 9.37. The number of amides is 1. The Labute approximate surface area is 152 Å². The Morgan fingerprint density at radius 3 is 2.46 bits per heavy atom. The first-order valence-corrected chi connectivity index (χ1v) is 8.98. The van der Waals surface area contributed by atoms with Gasteiger partial charge in [-0.25, -0.2) is 4.79 Å². The lowest BCUT2D eigenvalue weighted by Crippen LogP contribution is -2.29. The number of aromatic nitrogens is 2. The monoisotopic (exact) mass is 356 g/mol. The van der Waals surface area contributed by atoms with E-state index in [1.165, 1.54) is 35.6 Å². The number of hydrogen-bond donors (Lipinski definition) is 2. The van der Waals surface area contributed by atoms with Gasteiger partial charge in [0.15, 0.2) is 5.69 Å². The number of carboxylic acid groups (broad SMARTS) is 1. The summed E-state index contributed by atoms with van der Waals surface area (Å²) in [6.07, 6.45) is 5.68. The van der Waals surface area contributed by atoms with Gasteiger partial charge in [-0.2, -0.15) is 5.10 Å². The first kappa shape index (κ1) is 18.1. The largest absolute Gasteiger partial charge is 0.476 e. The molecule has 7 heteroatoms. The quantitative estimate of drug-likeness (QED) is 0.796. The lowest BCUT2D eigenvalue weighted by atomic mass is 10.1. The fourth-order valence-corrected chi connectivity index (χ4v) is 3.11. The molecule has 1 aliphatic heterocycles. The second-order valence-electron chi connectivity index (χ2n) is 6.60. The van der Waals surface area contributed by atoms with E-state index in [0.29, 0.717) is 6.54 Å². The van der Waals surface area contributed by atoms with E-state index in [4.69, 9.17) is 5.11 Å². The number of carbonyl (C=O) groups is 2. The van der Waals surface area contributed by atoms with Crippen molar-refractivity contribution in [3.8, 4) is 0 Å². The predicted octanol–water partition coefficient (Wildman–Crippen LogP) is 2.60. The summed E-state index contributed by atoms with van der Waals surface area (Å²) < 4.78 is 1.46. The Kier molecular flexibility index (Phi) is 6.01. The van der Waals surface area contributed by atoms with Gasteiger partial charge in [0.05, 0.1) is 0 Å². The van der Waals surface area contributed by atoms with Gasteiger partial charge in [-0.1, -0.05) is 18.6 Å². The number of piperidine rings is 1. The molecular weight excluding hydrogens is 332 g/mol. The standard InChI is InChI=1S/C19H24N4O3/c24-18(9-13-23-12-8-17(21-23)19(25)26)20-16-6-4-15(5-7-16)14-22-10-2-1-3-11-22/h4-8,12H,1-3,9-11,13-14H2,(H,20,24)(H,25,26). The Balaban J connectivity index is 1.45. The second-order valence-corrected chi connectivity index (χ2v) is 6.60. The lowest BCUT2D eigenvalue weighted by molar-refractivity contribution is -0.116. The number of nitrogens with one attached hydrogen (secondary N) is 1. The number of carboxylic acids is 1. The van der Waals surface area contributed by atoms with Crippen LogP contribution < -0.4 is 5.32 Å². The molecule has 2 aromatic rings. The molecule has 0 spiro atoms. The topological polar surface area (TPSA) is 87.5 Å². The molecule has 3 rings (SSSR count). The van der Waals surface area contributed by atoms with Crippen molar-refractivity contribution in [2.24, 2.45) is 0 Å². The average molecular weight is 356 g/mol. The summed E-state index contributed by atoms with van der Waals surface area (Å²) in [4.78, 5) is 25.3. The van der Waals surface area contributed by atoms with Crippen LogP contribution in [-0.2, 0) is 17.9 Å². The van der Waals surface area contributed by atoms with Crippen LogP contribution in [0.25, 0.3) is 0 Å². The Morgan fingerprint density at radius 1 is 1.08 bits per heavy atom. The van der Waals surface area contributed by atoms with Gasteiger partial charge in [0, 0.05) is 31.4 Å². The molecule has 0 bridgehead atoms. The van der Waals surface area contributed by atoms with Crippen molar-refractivity contribution in [3.63, 3.8) is 0 Å². The third-order valence-corrected chi connectivity index (χ3v) is 4.52. The van der Waals surface area contributed by atoms with E-state index in [0.717, 1.165) is 25.3 Å². The van der Waals surface area contributed by atoms with Gasteiger partial charge >= 0.3 is 5.97 Å². The molecule has 1 aromatic heterocycles. The fraction of sp³-hybridized carbons (Fsp3) is 0.421. The van der Waals surface area contributed by atoms with Gasteiger partial charge in [0.2, 0.25) is 5.91 Å². The SMILES string of the molecule is O=C(CCn1ccc(C(=O)O)n1)Nc1ccc(CN2CCCCC2)cc1. The minimum Gasteiger partial charge on any atom is -0.476 e. The lowest BCUT2D eigenvalue weighted by Gasteiger charge is -2.26. The second kappa shape index (κ2) is 8.62. The van der Waals surface area contributed by atoms with Gasteiger partial charge in [-0.05, 0) is 49.7 Å². The van der Waals surface area contributed by atoms with Crippen LogP contribution in [-0.4, -0.2) is 44.8 Å². The number of likely N-dealkylation sites (tertiary alicyclic amines) is 1. The van der Waals surface area contributed by atoms with E-state index in [1.807, 2.05) is 12.1 Å². The highest BCUT2D eigenvalue weighted by atomic mass is 16.4. The number of aromatic carboxylic acids is 1. The highest BCUT2D eigenvalue weighted by Gasteiger charge is 2.11. The molecule has 7 nitrogen and oxygen atoms in total. The Hall–Kier alpha value is -2.67. The summed E-state index contributed by atoms with van der Waals surface area (Å²) in [5.74, 6) is -1.20. The van der Waals surface area contributed by atoms with Crippen molar-refractivity contribution in [2.75, 3.05) is 18.4 Å². The maximum atomic E-state index is 12.1. The molecule has 2 N–H and O–H groups in total. The van der Waals surface area contributed by atoms with Crippen LogP contribution in [0.1, 0.15) is 41.7 Å². The smallest absolute Gasteiger partial charge is 0.356 e. The van der Waals surface area contributed by atoms with Crippen LogP contribution in [0.2, 0.25) is 0 Å². The molecule has 138 valence electrons. The van der Waals surface area contributed by atoms with Crippen LogP contribution in [0, 0.1) is 0 Å². The zero-order valence-electron chi connectivity index (χ0n) is 14.7. The zero-order valence-corrected chi connectivity index (χ0v) is 14.7. The summed E-state index contributed by atoms with van der Waals surface area (Å²) in [5, 5.41) is 15.6.